The molecule has 0 aromatic carbocycles. The van der Waals surface area contributed by atoms with Crippen molar-refractivity contribution in [2.24, 2.45) is 0 Å². The van der Waals surface area contributed by atoms with Crippen LogP contribution in [0.25, 0.3) is 0 Å². The number of ether oxygens (including phenoxy) is 1. The van der Waals surface area contributed by atoms with Gasteiger partial charge in [0.2, 0.25) is 0 Å². The summed E-state index contributed by atoms with van der Waals surface area (Å²) < 4.78 is 5.34. The molecule has 0 N–H and O–H groups in total. The van der Waals surface area contributed by atoms with Crippen molar-refractivity contribution in [3.63, 3.8) is 0 Å². The van der Waals surface area contributed by atoms with E-state index < -0.39 is 0 Å². The summed E-state index contributed by atoms with van der Waals surface area (Å²) in [6.07, 6.45) is 3.14. The molecule has 2 nitrogen and oxygen atoms in total. The summed E-state index contributed by atoms with van der Waals surface area (Å²) in [4.78, 5) is 2.04. The molecule has 0 bridgehead atoms. The third kappa shape index (κ3) is 2.28. The largest absolute Gasteiger partial charge is 0.363 e. The second-order valence-corrected chi connectivity index (χ2v) is 2.57. The minimum atomic E-state index is 0.595. The van der Waals surface area contributed by atoms with Gasteiger partial charge in [-0.1, -0.05) is 0 Å². The van der Waals surface area contributed by atoms with Gasteiger partial charge in [0.25, 0.3) is 0 Å². The summed E-state index contributed by atoms with van der Waals surface area (Å²) in [7, 11) is 4.03. The highest BCUT2D eigenvalue weighted by molar-refractivity contribution is 4.72. The summed E-state index contributed by atoms with van der Waals surface area (Å²) in [5.74, 6) is 0. The van der Waals surface area contributed by atoms with Crippen molar-refractivity contribution in [3.05, 3.63) is 0 Å². The van der Waals surface area contributed by atoms with Gasteiger partial charge in [-0.15, -0.1) is 0 Å². The van der Waals surface area contributed by atoms with Crippen molar-refractivity contribution in [3.8, 4) is 0 Å². The highest BCUT2D eigenvalue weighted by atomic mass is 16.5. The first-order valence-electron chi connectivity index (χ1n) is 3.05. The van der Waals surface area contributed by atoms with Crippen molar-refractivity contribution in [1.82, 2.24) is 4.90 Å². The van der Waals surface area contributed by atoms with Crippen LogP contribution in [-0.2, 0) is 4.74 Å². The zero-order chi connectivity index (χ0) is 5.98. The number of hydrogen-bond acceptors (Lipinski definition) is 2. The van der Waals surface area contributed by atoms with Crippen molar-refractivity contribution in [2.45, 2.75) is 18.9 Å². The topological polar surface area (TPSA) is 12.5 Å². The van der Waals surface area contributed by atoms with Crippen LogP contribution in [0.3, 0.4) is 0 Å². The molecule has 0 aliphatic heterocycles. The molecule has 8 heavy (non-hydrogen) atoms. The van der Waals surface area contributed by atoms with E-state index in [1.807, 2.05) is 19.0 Å². The molecule has 0 atom stereocenters. The lowest BCUT2D eigenvalue weighted by atomic mass is 10.8. The lowest BCUT2D eigenvalue weighted by molar-refractivity contribution is 0.0445. The molecule has 0 spiro atoms. The van der Waals surface area contributed by atoms with Crippen LogP contribution >= 0.6 is 0 Å². The number of nitrogens with zero attached hydrogens (tertiary/aromatic N) is 1. The average Bonchev–Trinajstić information content (AvgIpc) is 2.41. The molecule has 0 heterocycles. The van der Waals surface area contributed by atoms with E-state index in [0.29, 0.717) is 6.10 Å². The van der Waals surface area contributed by atoms with E-state index in [-0.39, 0.29) is 0 Å². The molecule has 1 aliphatic rings. The summed E-state index contributed by atoms with van der Waals surface area (Å²) >= 11 is 0. The minimum Gasteiger partial charge on any atom is -0.363 e. The molecule has 1 rings (SSSR count). The third-order valence-electron chi connectivity index (χ3n) is 1.09. The molecule has 2 heteroatoms. The SMILES string of the molecule is CN(C)COC1CC1. The fourth-order valence-electron chi connectivity index (χ4n) is 0.489. The van der Waals surface area contributed by atoms with Gasteiger partial charge in [-0.05, 0) is 26.9 Å². The van der Waals surface area contributed by atoms with Crippen LogP contribution in [0.5, 0.6) is 0 Å². The summed E-state index contributed by atoms with van der Waals surface area (Å²) in [6.45, 7) is 0.782. The zero-order valence-corrected chi connectivity index (χ0v) is 5.55. The Labute approximate surface area is 50.4 Å². The Morgan fingerprint density at radius 2 is 2.12 bits per heavy atom. The molecule has 0 aromatic heterocycles. The van der Waals surface area contributed by atoms with Gasteiger partial charge in [0.05, 0.1) is 12.8 Å². The molecule has 1 saturated carbocycles. The first-order chi connectivity index (χ1) is 3.79. The average molecular weight is 115 g/mol. The fourth-order valence-corrected chi connectivity index (χ4v) is 0.489. The van der Waals surface area contributed by atoms with E-state index in [4.69, 9.17) is 4.74 Å². The van der Waals surface area contributed by atoms with Gasteiger partial charge in [0, 0.05) is 0 Å². The molecular formula is C6H13NO. The standard InChI is InChI=1S/C6H13NO/c1-7(2)5-8-6-3-4-6/h6H,3-5H2,1-2H3. The minimum absolute atomic E-state index is 0.595. The van der Waals surface area contributed by atoms with Gasteiger partial charge in [0.1, 0.15) is 0 Å². The van der Waals surface area contributed by atoms with Gasteiger partial charge in [-0.3, -0.25) is 4.90 Å². The lowest BCUT2D eigenvalue weighted by Gasteiger charge is -2.08. The van der Waals surface area contributed by atoms with E-state index >= 15 is 0 Å². The Morgan fingerprint density at radius 1 is 1.50 bits per heavy atom. The maximum atomic E-state index is 5.34. The second-order valence-electron chi connectivity index (χ2n) is 2.57. The maximum absolute atomic E-state index is 5.34. The quantitative estimate of drug-likeness (QED) is 0.502. The molecular weight excluding hydrogens is 102 g/mol. The second kappa shape index (κ2) is 2.46. The summed E-state index contributed by atoms with van der Waals surface area (Å²) in [5.41, 5.74) is 0. The van der Waals surface area contributed by atoms with Gasteiger partial charge in [-0.2, -0.15) is 0 Å². The predicted octanol–water partition coefficient (Wildman–Crippen LogP) is 0.684. The van der Waals surface area contributed by atoms with Crippen LogP contribution in [0.15, 0.2) is 0 Å². The van der Waals surface area contributed by atoms with Crippen LogP contribution in [0.2, 0.25) is 0 Å². The van der Waals surface area contributed by atoms with E-state index in [1.165, 1.54) is 12.8 Å². The van der Waals surface area contributed by atoms with Gasteiger partial charge >= 0.3 is 0 Å². The normalized spacial score (nSPS) is 19.9. The number of rotatable bonds is 3. The fraction of sp³-hybridized carbons (Fsp3) is 1.00. The van der Waals surface area contributed by atoms with Crippen molar-refractivity contribution in [2.75, 3.05) is 20.8 Å². The van der Waals surface area contributed by atoms with Gasteiger partial charge in [-0.25, -0.2) is 0 Å². The number of hydrogen-bond donors (Lipinski definition) is 0. The monoisotopic (exact) mass is 115 g/mol. The highest BCUT2D eigenvalue weighted by Crippen LogP contribution is 2.22. The zero-order valence-electron chi connectivity index (χ0n) is 5.55. The van der Waals surface area contributed by atoms with Crippen LogP contribution in [0.1, 0.15) is 12.8 Å². The van der Waals surface area contributed by atoms with Gasteiger partial charge in [0.15, 0.2) is 0 Å². The van der Waals surface area contributed by atoms with E-state index in [0.717, 1.165) is 6.73 Å². The smallest absolute Gasteiger partial charge is 0.0989 e. The Morgan fingerprint density at radius 3 is 2.50 bits per heavy atom. The molecule has 48 valence electrons. The Kier molecular flexibility index (Phi) is 1.86. The molecule has 0 unspecified atom stereocenters. The van der Waals surface area contributed by atoms with Crippen LogP contribution in [0, 0.1) is 0 Å². The molecule has 0 amide bonds. The van der Waals surface area contributed by atoms with Crippen LogP contribution in [-0.4, -0.2) is 31.8 Å². The third-order valence-corrected chi connectivity index (χ3v) is 1.09. The molecule has 0 saturated heterocycles. The van der Waals surface area contributed by atoms with Crippen molar-refractivity contribution in [1.29, 1.82) is 0 Å². The predicted molar refractivity (Wildman–Crippen MR) is 32.7 cm³/mol. The highest BCUT2D eigenvalue weighted by Gasteiger charge is 2.21. The summed E-state index contributed by atoms with van der Waals surface area (Å²) in [5, 5.41) is 0. The van der Waals surface area contributed by atoms with Gasteiger partial charge < -0.3 is 4.74 Å². The first-order valence-corrected chi connectivity index (χ1v) is 3.05. The van der Waals surface area contributed by atoms with Crippen LogP contribution in [0.4, 0.5) is 0 Å². The molecule has 1 fully saturated rings. The Hall–Kier alpha value is -0.0800. The van der Waals surface area contributed by atoms with Crippen molar-refractivity contribution < 1.29 is 4.74 Å². The van der Waals surface area contributed by atoms with Crippen molar-refractivity contribution >= 4 is 0 Å². The Bertz CT molecular complexity index is 66.9. The molecule has 1 aliphatic carbocycles. The Balaban J connectivity index is 1.87. The molecule has 0 radical (unpaired) electrons. The van der Waals surface area contributed by atoms with E-state index in [1.54, 1.807) is 0 Å². The molecule has 0 aromatic rings. The lowest BCUT2D eigenvalue weighted by Crippen LogP contribution is -2.16. The van der Waals surface area contributed by atoms with E-state index in [2.05, 4.69) is 0 Å². The maximum Gasteiger partial charge on any atom is 0.0989 e. The summed E-state index contributed by atoms with van der Waals surface area (Å²) in [6, 6.07) is 0. The van der Waals surface area contributed by atoms with Crippen LogP contribution < -0.4 is 0 Å². The van der Waals surface area contributed by atoms with E-state index in [9.17, 15) is 0 Å². The first kappa shape index (κ1) is 6.05.